The van der Waals surface area contributed by atoms with Crippen LogP contribution in [0.25, 0.3) is 0 Å². The number of halogens is 3. The van der Waals surface area contributed by atoms with Gasteiger partial charge in [-0.3, -0.25) is 0 Å². The van der Waals surface area contributed by atoms with Gasteiger partial charge in [0.2, 0.25) is 0 Å². The minimum absolute atomic E-state index is 0.349. The quantitative estimate of drug-likeness (QED) is 0.634. The average Bonchev–Trinajstić information content (AvgIpc) is 2.34. The molecule has 92 valence electrons. The Morgan fingerprint density at radius 3 is 2.06 bits per heavy atom. The van der Waals surface area contributed by atoms with Gasteiger partial charge in [0.05, 0.1) is 10.0 Å². The van der Waals surface area contributed by atoms with Gasteiger partial charge in [0.25, 0.3) is 0 Å². The van der Waals surface area contributed by atoms with Crippen molar-refractivity contribution in [3.8, 4) is 0 Å². The third kappa shape index (κ3) is 2.96. The molecule has 0 aliphatic carbocycles. The van der Waals surface area contributed by atoms with E-state index in [4.69, 9.17) is 40.5 Å². The van der Waals surface area contributed by atoms with Gasteiger partial charge in [0.15, 0.2) is 0 Å². The number of amidine groups is 1. The first-order valence-electron chi connectivity index (χ1n) is 5.12. The van der Waals surface area contributed by atoms with Gasteiger partial charge in [-0.2, -0.15) is 0 Å². The summed E-state index contributed by atoms with van der Waals surface area (Å²) in [6, 6.07) is 12.5. The summed E-state index contributed by atoms with van der Waals surface area (Å²) >= 11 is 17.9. The van der Waals surface area contributed by atoms with Crippen molar-refractivity contribution in [3.05, 3.63) is 63.1 Å². The lowest BCUT2D eigenvalue weighted by Crippen LogP contribution is -2.12. The van der Waals surface area contributed by atoms with E-state index in [0.29, 0.717) is 26.6 Å². The van der Waals surface area contributed by atoms with Crippen LogP contribution in [0.5, 0.6) is 0 Å². The fraction of sp³-hybridized carbons (Fsp3) is 0. The summed E-state index contributed by atoms with van der Waals surface area (Å²) in [5, 5.41) is 1.19. The van der Waals surface area contributed by atoms with Gasteiger partial charge in [-0.05, 0) is 12.1 Å². The van der Waals surface area contributed by atoms with E-state index in [1.54, 1.807) is 12.1 Å². The maximum absolute atomic E-state index is 6.03. The first-order valence-corrected chi connectivity index (χ1v) is 6.25. The largest absolute Gasteiger partial charge is 0.383 e. The molecular weight excluding hydrogens is 291 g/mol. The van der Waals surface area contributed by atoms with Crippen LogP contribution in [0.3, 0.4) is 0 Å². The number of nitrogens with two attached hydrogens (primary N) is 1. The van der Waals surface area contributed by atoms with E-state index in [2.05, 4.69) is 4.99 Å². The molecule has 0 fully saturated rings. The third-order valence-electron chi connectivity index (χ3n) is 2.28. The lowest BCUT2D eigenvalue weighted by molar-refractivity contribution is 1.45. The number of benzene rings is 2. The lowest BCUT2D eigenvalue weighted by Gasteiger charge is -2.05. The van der Waals surface area contributed by atoms with Crippen LogP contribution in [0.1, 0.15) is 5.56 Å². The van der Waals surface area contributed by atoms with Crippen LogP contribution < -0.4 is 5.73 Å². The first-order chi connectivity index (χ1) is 8.58. The number of aliphatic imine (C=N–C) groups is 1. The number of nitrogens with zero attached hydrogens (tertiary/aromatic N) is 1. The van der Waals surface area contributed by atoms with Crippen molar-refractivity contribution in [2.24, 2.45) is 10.7 Å². The first kappa shape index (κ1) is 13.2. The van der Waals surface area contributed by atoms with Crippen LogP contribution >= 0.6 is 34.8 Å². The van der Waals surface area contributed by atoms with Gasteiger partial charge in [0, 0.05) is 10.6 Å². The molecule has 0 aliphatic heterocycles. The van der Waals surface area contributed by atoms with Crippen molar-refractivity contribution < 1.29 is 0 Å². The average molecular weight is 300 g/mol. The third-order valence-corrected chi connectivity index (χ3v) is 3.08. The van der Waals surface area contributed by atoms with Gasteiger partial charge in [-0.1, -0.05) is 65.1 Å². The van der Waals surface area contributed by atoms with Crippen LogP contribution in [0.2, 0.25) is 15.1 Å². The summed E-state index contributed by atoms with van der Waals surface area (Å²) in [7, 11) is 0. The highest BCUT2D eigenvalue weighted by Gasteiger charge is 2.08. The Kier molecular flexibility index (Phi) is 4.12. The van der Waals surface area contributed by atoms with E-state index >= 15 is 0 Å². The van der Waals surface area contributed by atoms with Crippen LogP contribution in [0, 0.1) is 0 Å². The lowest BCUT2D eigenvalue weighted by atomic mass is 10.2. The van der Waals surface area contributed by atoms with Crippen LogP contribution in [0.15, 0.2) is 47.5 Å². The van der Waals surface area contributed by atoms with Crippen LogP contribution in [-0.2, 0) is 0 Å². The van der Waals surface area contributed by atoms with Crippen LogP contribution in [0.4, 0.5) is 5.69 Å². The Labute approximate surface area is 120 Å². The number of hydrogen-bond acceptors (Lipinski definition) is 1. The molecule has 0 saturated heterocycles. The summed E-state index contributed by atoms with van der Waals surface area (Å²) in [5.41, 5.74) is 7.13. The normalized spacial score (nSPS) is 11.6. The molecule has 0 heterocycles. The van der Waals surface area contributed by atoms with Gasteiger partial charge < -0.3 is 5.73 Å². The van der Waals surface area contributed by atoms with Gasteiger partial charge in [-0.25, -0.2) is 4.99 Å². The minimum atomic E-state index is 0.349. The molecule has 2 aromatic rings. The van der Waals surface area contributed by atoms with Crippen molar-refractivity contribution in [2.45, 2.75) is 0 Å². The smallest absolute Gasteiger partial charge is 0.131 e. The summed E-state index contributed by atoms with van der Waals surface area (Å²) in [6.45, 7) is 0. The molecule has 2 nitrogen and oxygen atoms in total. The second kappa shape index (κ2) is 5.61. The molecule has 0 unspecified atom stereocenters. The monoisotopic (exact) mass is 298 g/mol. The SMILES string of the molecule is NC(=Nc1c(Cl)cc(Cl)cc1Cl)c1ccccc1. The molecule has 0 radical (unpaired) electrons. The van der Waals surface area contributed by atoms with Crippen molar-refractivity contribution >= 4 is 46.3 Å². The van der Waals surface area contributed by atoms with Crippen LogP contribution in [-0.4, -0.2) is 5.84 Å². The zero-order valence-electron chi connectivity index (χ0n) is 9.20. The zero-order chi connectivity index (χ0) is 13.1. The van der Waals surface area contributed by atoms with E-state index in [1.165, 1.54) is 0 Å². The molecule has 0 aromatic heterocycles. The molecule has 5 heteroatoms. The van der Waals surface area contributed by atoms with Gasteiger partial charge in [-0.15, -0.1) is 0 Å². The molecule has 2 aromatic carbocycles. The Bertz CT molecular complexity index is 571. The molecule has 18 heavy (non-hydrogen) atoms. The second-order valence-corrected chi connectivity index (χ2v) is 4.83. The summed E-state index contributed by atoms with van der Waals surface area (Å²) in [4.78, 5) is 4.24. The summed E-state index contributed by atoms with van der Waals surface area (Å²) < 4.78 is 0. The fourth-order valence-corrected chi connectivity index (χ4v) is 2.34. The van der Waals surface area contributed by atoms with Crippen molar-refractivity contribution in [1.29, 1.82) is 0 Å². The highest BCUT2D eigenvalue weighted by Crippen LogP contribution is 2.36. The molecule has 0 atom stereocenters. The highest BCUT2D eigenvalue weighted by atomic mass is 35.5. The topological polar surface area (TPSA) is 38.4 Å². The van der Waals surface area contributed by atoms with Crippen molar-refractivity contribution in [1.82, 2.24) is 0 Å². The second-order valence-electron chi connectivity index (χ2n) is 3.58. The molecular formula is C13H9Cl3N2. The van der Waals surface area contributed by atoms with Crippen molar-refractivity contribution in [2.75, 3.05) is 0 Å². The summed E-state index contributed by atoms with van der Waals surface area (Å²) in [5.74, 6) is 0.349. The summed E-state index contributed by atoms with van der Waals surface area (Å²) in [6.07, 6.45) is 0. The molecule has 2 rings (SSSR count). The Morgan fingerprint density at radius 1 is 0.944 bits per heavy atom. The maximum atomic E-state index is 6.03. The standard InChI is InChI=1S/C13H9Cl3N2/c14-9-6-10(15)12(11(16)7-9)18-13(17)8-4-2-1-3-5-8/h1-7H,(H2,17,18). The van der Waals surface area contributed by atoms with Gasteiger partial charge in [0.1, 0.15) is 11.5 Å². The highest BCUT2D eigenvalue weighted by molar-refractivity contribution is 6.41. The Morgan fingerprint density at radius 2 is 1.50 bits per heavy atom. The fourth-order valence-electron chi connectivity index (χ4n) is 1.44. The van der Waals surface area contributed by atoms with Gasteiger partial charge >= 0.3 is 0 Å². The molecule has 0 saturated carbocycles. The van der Waals surface area contributed by atoms with E-state index in [-0.39, 0.29) is 0 Å². The van der Waals surface area contributed by atoms with E-state index in [9.17, 15) is 0 Å². The maximum Gasteiger partial charge on any atom is 0.131 e. The number of hydrogen-bond donors (Lipinski definition) is 1. The van der Waals surface area contributed by atoms with E-state index < -0.39 is 0 Å². The van der Waals surface area contributed by atoms with Crippen molar-refractivity contribution in [3.63, 3.8) is 0 Å². The Hall–Kier alpha value is -1.22. The van der Waals surface area contributed by atoms with E-state index in [1.807, 2.05) is 30.3 Å². The zero-order valence-corrected chi connectivity index (χ0v) is 11.5. The number of rotatable bonds is 2. The Balaban J connectivity index is 2.45. The molecule has 0 bridgehead atoms. The molecule has 2 N–H and O–H groups in total. The minimum Gasteiger partial charge on any atom is -0.383 e. The van der Waals surface area contributed by atoms with E-state index in [0.717, 1.165) is 5.56 Å². The molecule has 0 amide bonds. The predicted octanol–water partition coefficient (Wildman–Crippen LogP) is 4.68. The molecule has 0 aliphatic rings. The predicted molar refractivity (Wildman–Crippen MR) is 78.3 cm³/mol. The molecule has 0 spiro atoms.